The minimum atomic E-state index is -2.80. The summed E-state index contributed by atoms with van der Waals surface area (Å²) in [6.07, 6.45) is 0. The average molecular weight is 488 g/mol. The molecule has 0 aliphatic rings. The van der Waals surface area contributed by atoms with E-state index in [0.29, 0.717) is 7.14 Å². The maximum Gasteiger partial charge on any atom is 0.197 e. The zero-order valence-electron chi connectivity index (χ0n) is 7.18. The first-order valence-corrected chi connectivity index (χ1v) is 7.60. The highest BCUT2D eigenvalue weighted by atomic mass is 127. The van der Waals surface area contributed by atoms with Gasteiger partial charge in [-0.2, -0.15) is 0 Å². The van der Waals surface area contributed by atoms with Crippen molar-refractivity contribution in [1.82, 2.24) is 0 Å². The molecule has 2 atom stereocenters. The van der Waals surface area contributed by atoms with Crippen LogP contribution in [0.3, 0.4) is 0 Å². The molecule has 0 bridgehead atoms. The molecule has 0 N–H and O–H groups in total. The van der Waals surface area contributed by atoms with Gasteiger partial charge in [0.15, 0.2) is 11.5 Å². The van der Waals surface area contributed by atoms with E-state index in [4.69, 9.17) is 0 Å². The molecule has 10 heteroatoms. The van der Waals surface area contributed by atoms with Crippen LogP contribution in [-0.4, -0.2) is 17.5 Å². The van der Waals surface area contributed by atoms with E-state index in [2.05, 4.69) is 8.37 Å². The average Bonchev–Trinajstić information content (AvgIpc) is 2.16. The van der Waals surface area contributed by atoms with Gasteiger partial charge in [-0.15, -0.1) is 0 Å². The van der Waals surface area contributed by atoms with Crippen LogP contribution in [0.4, 0.5) is 0 Å². The summed E-state index contributed by atoms with van der Waals surface area (Å²) in [6, 6.07) is 2.88. The van der Waals surface area contributed by atoms with E-state index < -0.39 is 22.7 Å². The zero-order valence-corrected chi connectivity index (χ0v) is 13.1. The predicted molar refractivity (Wildman–Crippen MR) is 71.0 cm³/mol. The summed E-state index contributed by atoms with van der Waals surface area (Å²) in [7, 11) is 0. The van der Waals surface area contributed by atoms with Crippen molar-refractivity contribution in [2.75, 3.05) is 0 Å². The molecular formula is C6H2I2O6S2-2. The van der Waals surface area contributed by atoms with Gasteiger partial charge in [-0.3, -0.25) is 0 Å². The van der Waals surface area contributed by atoms with Gasteiger partial charge in [-0.25, -0.2) is 8.42 Å². The molecule has 0 aliphatic carbocycles. The molecular weight excluding hydrogens is 486 g/mol. The summed E-state index contributed by atoms with van der Waals surface area (Å²) < 4.78 is 51.6. The Labute approximate surface area is 123 Å². The van der Waals surface area contributed by atoms with Crippen molar-refractivity contribution in [2.45, 2.75) is 0 Å². The third-order valence-corrected chi connectivity index (χ3v) is 4.94. The number of hydrogen-bond donors (Lipinski definition) is 0. The number of hydrogen-bond acceptors (Lipinski definition) is 6. The van der Waals surface area contributed by atoms with Gasteiger partial charge in [0.1, 0.15) is 22.7 Å². The van der Waals surface area contributed by atoms with E-state index in [1.807, 2.05) is 45.2 Å². The molecule has 0 heterocycles. The van der Waals surface area contributed by atoms with Crippen molar-refractivity contribution < 1.29 is 25.9 Å². The van der Waals surface area contributed by atoms with Crippen molar-refractivity contribution >= 4 is 67.9 Å². The standard InChI is InChI=1S/C6H4I2O6S2/c7-3-1-2-4(13-15(9)10)6(5(3)8)14-16(11)12/h1-2H,(H,9,10)(H,11,12)/p-2. The van der Waals surface area contributed by atoms with E-state index in [0.717, 1.165) is 0 Å². The molecule has 0 aliphatic heterocycles. The van der Waals surface area contributed by atoms with Gasteiger partial charge in [0.25, 0.3) is 0 Å². The Hall–Kier alpha value is 0.500. The highest BCUT2D eigenvalue weighted by Crippen LogP contribution is 2.36. The Bertz CT molecular complexity index is 451. The summed E-state index contributed by atoms with van der Waals surface area (Å²) in [4.78, 5) is 0. The summed E-state index contributed by atoms with van der Waals surface area (Å²) in [5.74, 6) is -0.326. The monoisotopic (exact) mass is 488 g/mol. The van der Waals surface area contributed by atoms with Crippen LogP contribution in [0.15, 0.2) is 12.1 Å². The van der Waals surface area contributed by atoms with E-state index in [-0.39, 0.29) is 11.5 Å². The maximum atomic E-state index is 10.4. The molecule has 0 saturated heterocycles. The number of benzene rings is 1. The Balaban J connectivity index is 3.20. The van der Waals surface area contributed by atoms with Crippen LogP contribution >= 0.6 is 45.2 Å². The maximum absolute atomic E-state index is 10.4. The molecule has 1 aromatic carbocycles. The van der Waals surface area contributed by atoms with Crippen molar-refractivity contribution in [3.05, 3.63) is 19.3 Å². The number of rotatable bonds is 4. The van der Waals surface area contributed by atoms with E-state index in [1.54, 1.807) is 6.07 Å². The molecule has 2 unspecified atom stereocenters. The quantitative estimate of drug-likeness (QED) is 0.468. The molecule has 6 nitrogen and oxygen atoms in total. The molecule has 1 rings (SSSR count). The second kappa shape index (κ2) is 6.44. The lowest BCUT2D eigenvalue weighted by Gasteiger charge is -2.15. The molecule has 0 spiro atoms. The van der Waals surface area contributed by atoms with Crippen LogP contribution in [0.2, 0.25) is 0 Å². The lowest BCUT2D eigenvalue weighted by molar-refractivity contribution is 0.410. The van der Waals surface area contributed by atoms with Gasteiger partial charge in [0.2, 0.25) is 0 Å². The van der Waals surface area contributed by atoms with Gasteiger partial charge >= 0.3 is 0 Å². The SMILES string of the molecule is O=S([O-])Oc1ccc(I)c(I)c1OS(=O)[O-]. The molecule has 0 amide bonds. The van der Waals surface area contributed by atoms with Gasteiger partial charge in [0.05, 0.1) is 3.57 Å². The van der Waals surface area contributed by atoms with Crippen molar-refractivity contribution in [3.8, 4) is 11.5 Å². The first-order chi connectivity index (χ1) is 7.41. The fourth-order valence-electron chi connectivity index (χ4n) is 0.799. The second-order valence-corrected chi connectivity index (χ2v) is 5.65. The van der Waals surface area contributed by atoms with E-state index in [9.17, 15) is 17.5 Å². The highest BCUT2D eigenvalue weighted by Gasteiger charge is 2.14. The fourth-order valence-corrected chi connectivity index (χ4v) is 2.51. The van der Waals surface area contributed by atoms with Crippen LogP contribution in [0.25, 0.3) is 0 Å². The minimum absolute atomic E-state index is 0.148. The molecule has 16 heavy (non-hydrogen) atoms. The van der Waals surface area contributed by atoms with Crippen molar-refractivity contribution in [1.29, 1.82) is 0 Å². The molecule has 90 valence electrons. The molecule has 0 fully saturated rings. The minimum Gasteiger partial charge on any atom is -0.740 e. The fraction of sp³-hybridized carbons (Fsp3) is 0. The second-order valence-electron chi connectivity index (χ2n) is 2.26. The smallest absolute Gasteiger partial charge is 0.197 e. The highest BCUT2D eigenvalue weighted by molar-refractivity contribution is 14.1. The lowest BCUT2D eigenvalue weighted by Crippen LogP contribution is -2.05. The Morgan fingerprint density at radius 1 is 1.06 bits per heavy atom. The molecule has 1 aromatic rings. The number of halogens is 2. The van der Waals surface area contributed by atoms with Gasteiger partial charge < -0.3 is 17.5 Å². The van der Waals surface area contributed by atoms with Gasteiger partial charge in [0, 0.05) is 3.57 Å². The van der Waals surface area contributed by atoms with Crippen LogP contribution in [0, 0.1) is 7.14 Å². The molecule has 0 radical (unpaired) electrons. The third-order valence-electron chi connectivity index (χ3n) is 1.32. The van der Waals surface area contributed by atoms with Crippen molar-refractivity contribution in [3.63, 3.8) is 0 Å². The Morgan fingerprint density at radius 3 is 2.12 bits per heavy atom. The predicted octanol–water partition coefficient (Wildman–Crippen LogP) is 1.24. The Morgan fingerprint density at radius 2 is 1.62 bits per heavy atom. The summed E-state index contributed by atoms with van der Waals surface area (Å²) >= 11 is -1.82. The topological polar surface area (TPSA) is 98.7 Å². The summed E-state index contributed by atoms with van der Waals surface area (Å²) in [5.41, 5.74) is 0. The summed E-state index contributed by atoms with van der Waals surface area (Å²) in [6.45, 7) is 0. The summed E-state index contributed by atoms with van der Waals surface area (Å²) in [5, 5.41) is 0. The van der Waals surface area contributed by atoms with E-state index >= 15 is 0 Å². The largest absolute Gasteiger partial charge is 0.740 e. The van der Waals surface area contributed by atoms with Crippen LogP contribution in [0.1, 0.15) is 0 Å². The third kappa shape index (κ3) is 4.06. The normalized spacial score (nSPS) is 14.2. The van der Waals surface area contributed by atoms with Gasteiger partial charge in [-0.05, 0) is 57.3 Å². The first kappa shape index (κ1) is 14.6. The van der Waals surface area contributed by atoms with Crippen LogP contribution in [-0.2, 0) is 22.7 Å². The van der Waals surface area contributed by atoms with Gasteiger partial charge in [-0.1, -0.05) is 0 Å². The van der Waals surface area contributed by atoms with Crippen molar-refractivity contribution in [2.24, 2.45) is 0 Å². The van der Waals surface area contributed by atoms with Crippen LogP contribution in [0.5, 0.6) is 11.5 Å². The molecule has 0 aromatic heterocycles. The first-order valence-electron chi connectivity index (χ1n) is 3.45. The lowest BCUT2D eigenvalue weighted by atomic mass is 10.3. The zero-order chi connectivity index (χ0) is 12.3. The van der Waals surface area contributed by atoms with Crippen LogP contribution < -0.4 is 8.37 Å². The van der Waals surface area contributed by atoms with E-state index in [1.165, 1.54) is 6.07 Å². The molecule has 0 saturated carbocycles. The Kier molecular flexibility index (Phi) is 5.86.